The van der Waals surface area contributed by atoms with Gasteiger partial charge in [-0.05, 0) is 54.1 Å². The number of carbonyl (C=O) groups is 2. The SMILES string of the molecule is CCOc1ccc(N2C[C@@H](C(=O)Oc3ccc4ccccc4c3)CC2=O)cc1. The molecule has 142 valence electrons. The Morgan fingerprint density at radius 3 is 2.46 bits per heavy atom. The van der Waals surface area contributed by atoms with Gasteiger partial charge in [0, 0.05) is 18.7 Å². The maximum Gasteiger partial charge on any atom is 0.316 e. The molecule has 1 aliphatic rings. The Hall–Kier alpha value is -3.34. The van der Waals surface area contributed by atoms with Gasteiger partial charge in [-0.3, -0.25) is 9.59 Å². The lowest BCUT2D eigenvalue weighted by Gasteiger charge is -2.17. The summed E-state index contributed by atoms with van der Waals surface area (Å²) >= 11 is 0. The number of rotatable bonds is 5. The summed E-state index contributed by atoms with van der Waals surface area (Å²) in [6.07, 6.45) is 0.152. The first-order valence-corrected chi connectivity index (χ1v) is 9.38. The molecule has 4 rings (SSSR count). The lowest BCUT2D eigenvalue weighted by atomic mass is 10.1. The molecule has 28 heavy (non-hydrogen) atoms. The molecule has 1 saturated heterocycles. The van der Waals surface area contributed by atoms with Crippen molar-refractivity contribution in [1.82, 2.24) is 0 Å². The lowest BCUT2D eigenvalue weighted by Crippen LogP contribution is -2.27. The van der Waals surface area contributed by atoms with Crippen LogP contribution in [0.5, 0.6) is 11.5 Å². The standard InChI is InChI=1S/C23H21NO4/c1-2-27-20-11-8-19(9-12-20)24-15-18(14-22(24)25)23(26)28-21-10-7-16-5-3-4-6-17(16)13-21/h3-13,18H,2,14-15H2,1H3/t18-/m0/s1. The van der Waals surface area contributed by atoms with Crippen LogP contribution in [0.3, 0.4) is 0 Å². The van der Waals surface area contributed by atoms with Gasteiger partial charge in [0.05, 0.1) is 12.5 Å². The fraction of sp³-hybridized carbons (Fsp3) is 0.217. The van der Waals surface area contributed by atoms with E-state index in [9.17, 15) is 9.59 Å². The largest absolute Gasteiger partial charge is 0.494 e. The highest BCUT2D eigenvalue weighted by molar-refractivity contribution is 5.99. The van der Waals surface area contributed by atoms with Crippen LogP contribution < -0.4 is 14.4 Å². The molecule has 1 heterocycles. The maximum atomic E-state index is 12.6. The van der Waals surface area contributed by atoms with Gasteiger partial charge in [-0.2, -0.15) is 0 Å². The Morgan fingerprint density at radius 1 is 1.00 bits per heavy atom. The van der Waals surface area contributed by atoms with Gasteiger partial charge in [-0.1, -0.05) is 30.3 Å². The van der Waals surface area contributed by atoms with Gasteiger partial charge in [0.25, 0.3) is 0 Å². The van der Waals surface area contributed by atoms with Crippen LogP contribution in [0.2, 0.25) is 0 Å². The number of carbonyl (C=O) groups excluding carboxylic acids is 2. The quantitative estimate of drug-likeness (QED) is 0.495. The molecular formula is C23H21NO4. The van der Waals surface area contributed by atoms with E-state index in [1.807, 2.05) is 67.6 Å². The maximum absolute atomic E-state index is 12.6. The minimum Gasteiger partial charge on any atom is -0.494 e. The number of amides is 1. The summed E-state index contributed by atoms with van der Waals surface area (Å²) in [5, 5.41) is 2.09. The van der Waals surface area contributed by atoms with Crippen molar-refractivity contribution in [3.05, 3.63) is 66.7 Å². The number of anilines is 1. The topological polar surface area (TPSA) is 55.8 Å². The van der Waals surface area contributed by atoms with E-state index in [1.54, 1.807) is 11.0 Å². The molecule has 0 bridgehead atoms. The highest BCUT2D eigenvalue weighted by Crippen LogP contribution is 2.28. The molecule has 5 nitrogen and oxygen atoms in total. The van der Waals surface area contributed by atoms with E-state index in [1.165, 1.54) is 0 Å². The number of hydrogen-bond acceptors (Lipinski definition) is 4. The van der Waals surface area contributed by atoms with Crippen LogP contribution in [0.4, 0.5) is 5.69 Å². The normalized spacial score (nSPS) is 16.4. The van der Waals surface area contributed by atoms with E-state index in [0.29, 0.717) is 18.9 Å². The van der Waals surface area contributed by atoms with Crippen molar-refractivity contribution >= 4 is 28.3 Å². The number of esters is 1. The van der Waals surface area contributed by atoms with E-state index in [4.69, 9.17) is 9.47 Å². The Bertz CT molecular complexity index is 1010. The Labute approximate surface area is 163 Å². The molecule has 1 aliphatic heterocycles. The molecule has 0 N–H and O–H groups in total. The molecule has 5 heteroatoms. The molecule has 0 saturated carbocycles. The van der Waals surface area contributed by atoms with Crippen LogP contribution >= 0.6 is 0 Å². The highest BCUT2D eigenvalue weighted by atomic mass is 16.5. The fourth-order valence-electron chi connectivity index (χ4n) is 3.43. The van der Waals surface area contributed by atoms with Crippen molar-refractivity contribution in [2.45, 2.75) is 13.3 Å². The highest BCUT2D eigenvalue weighted by Gasteiger charge is 2.36. The second-order valence-electron chi connectivity index (χ2n) is 6.76. The van der Waals surface area contributed by atoms with Crippen LogP contribution in [0.1, 0.15) is 13.3 Å². The molecule has 3 aromatic carbocycles. The summed E-state index contributed by atoms with van der Waals surface area (Å²) in [7, 11) is 0. The van der Waals surface area contributed by atoms with Crippen molar-refractivity contribution in [1.29, 1.82) is 0 Å². The second-order valence-corrected chi connectivity index (χ2v) is 6.76. The number of nitrogens with zero attached hydrogens (tertiary/aromatic N) is 1. The van der Waals surface area contributed by atoms with Crippen LogP contribution in [0.25, 0.3) is 10.8 Å². The molecule has 0 aromatic heterocycles. The predicted octanol–water partition coefficient (Wildman–Crippen LogP) is 4.20. The number of hydrogen-bond donors (Lipinski definition) is 0. The summed E-state index contributed by atoms with van der Waals surface area (Å²) in [5.41, 5.74) is 0.759. The van der Waals surface area contributed by atoms with Gasteiger partial charge in [-0.25, -0.2) is 0 Å². The molecule has 1 fully saturated rings. The van der Waals surface area contributed by atoms with E-state index < -0.39 is 5.92 Å². The summed E-state index contributed by atoms with van der Waals surface area (Å²) in [6, 6.07) is 20.7. The minimum absolute atomic E-state index is 0.0791. The van der Waals surface area contributed by atoms with Crippen molar-refractivity contribution in [3.63, 3.8) is 0 Å². The van der Waals surface area contributed by atoms with Crippen LogP contribution in [0, 0.1) is 5.92 Å². The number of fused-ring (bicyclic) bond motifs is 1. The van der Waals surface area contributed by atoms with E-state index in [2.05, 4.69) is 0 Å². The first-order chi connectivity index (χ1) is 13.6. The smallest absolute Gasteiger partial charge is 0.316 e. The van der Waals surface area contributed by atoms with Gasteiger partial charge < -0.3 is 14.4 Å². The van der Waals surface area contributed by atoms with Gasteiger partial charge in [0.15, 0.2) is 0 Å². The van der Waals surface area contributed by atoms with Crippen LogP contribution in [-0.2, 0) is 9.59 Å². The van der Waals surface area contributed by atoms with E-state index >= 15 is 0 Å². The monoisotopic (exact) mass is 375 g/mol. The summed E-state index contributed by atoms with van der Waals surface area (Å²) < 4.78 is 11.0. The Kier molecular flexibility index (Phi) is 4.98. The van der Waals surface area contributed by atoms with Crippen molar-refractivity contribution in [2.75, 3.05) is 18.1 Å². The third-order valence-corrected chi connectivity index (χ3v) is 4.86. The van der Waals surface area contributed by atoms with E-state index in [0.717, 1.165) is 22.2 Å². The second kappa shape index (κ2) is 7.72. The van der Waals surface area contributed by atoms with Crippen molar-refractivity contribution in [2.24, 2.45) is 5.92 Å². The van der Waals surface area contributed by atoms with Gasteiger partial charge in [0.2, 0.25) is 5.91 Å². The Balaban J connectivity index is 1.44. The average Bonchev–Trinajstić information content (AvgIpc) is 3.11. The zero-order chi connectivity index (χ0) is 19.5. The van der Waals surface area contributed by atoms with Gasteiger partial charge in [-0.15, -0.1) is 0 Å². The van der Waals surface area contributed by atoms with Crippen LogP contribution in [-0.4, -0.2) is 25.0 Å². The third-order valence-electron chi connectivity index (χ3n) is 4.86. The summed E-state index contributed by atoms with van der Waals surface area (Å²) in [5.74, 6) is 0.313. The average molecular weight is 375 g/mol. The summed E-state index contributed by atoms with van der Waals surface area (Å²) in [4.78, 5) is 26.6. The minimum atomic E-state index is -0.481. The molecule has 0 radical (unpaired) electrons. The first-order valence-electron chi connectivity index (χ1n) is 9.38. The predicted molar refractivity (Wildman–Crippen MR) is 108 cm³/mol. The third kappa shape index (κ3) is 3.69. The fourth-order valence-corrected chi connectivity index (χ4v) is 3.43. The molecule has 3 aromatic rings. The van der Waals surface area contributed by atoms with Crippen molar-refractivity contribution in [3.8, 4) is 11.5 Å². The van der Waals surface area contributed by atoms with Gasteiger partial charge >= 0.3 is 5.97 Å². The molecular weight excluding hydrogens is 354 g/mol. The molecule has 0 unspecified atom stereocenters. The summed E-state index contributed by atoms with van der Waals surface area (Å²) in [6.45, 7) is 2.83. The zero-order valence-corrected chi connectivity index (χ0v) is 15.6. The zero-order valence-electron chi connectivity index (χ0n) is 15.6. The van der Waals surface area contributed by atoms with Crippen molar-refractivity contribution < 1.29 is 19.1 Å². The molecule has 1 atom stereocenters. The number of benzene rings is 3. The van der Waals surface area contributed by atoms with Gasteiger partial charge in [0.1, 0.15) is 11.5 Å². The van der Waals surface area contributed by atoms with Crippen LogP contribution in [0.15, 0.2) is 66.7 Å². The first kappa shape index (κ1) is 18.0. The molecule has 0 aliphatic carbocycles. The number of ether oxygens (including phenoxy) is 2. The molecule has 0 spiro atoms. The Morgan fingerprint density at radius 2 is 1.71 bits per heavy atom. The molecule has 1 amide bonds. The lowest BCUT2D eigenvalue weighted by molar-refractivity contribution is -0.139. The van der Waals surface area contributed by atoms with E-state index in [-0.39, 0.29) is 18.3 Å².